The van der Waals surface area contributed by atoms with Crippen LogP contribution >= 0.6 is 39.1 Å². The summed E-state index contributed by atoms with van der Waals surface area (Å²) < 4.78 is 0.200. The molecule has 0 bridgehead atoms. The topological polar surface area (TPSA) is 55.5 Å². The molecule has 60 valence electrons. The van der Waals surface area contributed by atoms with E-state index in [-0.39, 0.29) is 9.64 Å². The van der Waals surface area contributed by atoms with Crippen molar-refractivity contribution in [1.82, 2.24) is 0 Å². The molecular weight excluding hydrogens is 259 g/mol. The summed E-state index contributed by atoms with van der Waals surface area (Å²) >= 11 is 13.9. The molecule has 7 heteroatoms. The Bertz CT molecular complexity index is 277. The first-order valence-corrected chi connectivity index (χ1v) is 3.98. The molecule has 0 aliphatic carbocycles. The van der Waals surface area contributed by atoms with Gasteiger partial charge >= 0.3 is 5.00 Å². The minimum atomic E-state index is -1.87. The van der Waals surface area contributed by atoms with Crippen molar-refractivity contribution in [1.29, 1.82) is 0 Å². The van der Waals surface area contributed by atoms with Crippen LogP contribution in [0.25, 0.3) is 0 Å². The molecule has 0 saturated heterocycles. The number of halogens is 3. The van der Waals surface area contributed by atoms with Crippen molar-refractivity contribution in [3.05, 3.63) is 19.8 Å². The second-order valence-electron chi connectivity index (χ2n) is 1.79. The molecule has 1 aliphatic heterocycles. The molecule has 11 heavy (non-hydrogen) atoms. The molecule has 1 aliphatic rings. The summed E-state index contributed by atoms with van der Waals surface area (Å²) in [6.45, 7) is 0. The van der Waals surface area contributed by atoms with Gasteiger partial charge in [0.2, 0.25) is 0 Å². The molecule has 0 radical (unpaired) electrons. The largest absolute Gasteiger partial charge is 0.368 e. The van der Waals surface area contributed by atoms with Gasteiger partial charge in [0.05, 0.1) is 4.92 Å². The van der Waals surface area contributed by atoms with Crippen LogP contribution < -0.4 is 0 Å². The Labute approximate surface area is 80.2 Å². The zero-order valence-corrected chi connectivity index (χ0v) is 8.02. The van der Waals surface area contributed by atoms with E-state index in [4.69, 9.17) is 23.2 Å². The van der Waals surface area contributed by atoms with E-state index in [0.717, 1.165) is 6.21 Å². The molecule has 0 aromatic carbocycles. The van der Waals surface area contributed by atoms with E-state index in [2.05, 4.69) is 20.9 Å². The maximum atomic E-state index is 10.3. The van der Waals surface area contributed by atoms with Crippen molar-refractivity contribution in [3.8, 4) is 0 Å². The number of hydrogen-bond acceptors (Lipinski definition) is 3. The Hall–Kier alpha value is -0.130. The van der Waals surface area contributed by atoms with Crippen molar-refractivity contribution in [3.63, 3.8) is 0 Å². The van der Waals surface area contributed by atoms with Crippen LogP contribution in [0.1, 0.15) is 0 Å². The summed E-state index contributed by atoms with van der Waals surface area (Å²) in [6.07, 6.45) is 0.973. The monoisotopic (exact) mass is 258 g/mol. The quantitative estimate of drug-likeness (QED) is 0.313. The smallest absolute Gasteiger partial charge is 0.262 e. The van der Waals surface area contributed by atoms with Crippen LogP contribution in [-0.2, 0) is 0 Å². The highest BCUT2D eigenvalue weighted by molar-refractivity contribution is 9.11. The van der Waals surface area contributed by atoms with Gasteiger partial charge in [-0.2, -0.15) is 0 Å². The van der Waals surface area contributed by atoms with Gasteiger partial charge in [0.25, 0.3) is 0 Å². The van der Waals surface area contributed by atoms with Crippen LogP contribution in [0.15, 0.2) is 14.6 Å². The predicted octanol–water partition coefficient (Wildman–Crippen LogP) is 2.09. The van der Waals surface area contributed by atoms with Crippen molar-refractivity contribution >= 4 is 45.3 Å². The highest BCUT2D eigenvalue weighted by Gasteiger charge is 2.47. The van der Waals surface area contributed by atoms with Crippen molar-refractivity contribution in [2.45, 2.75) is 5.00 Å². The molecular formula is C4HBrCl2N2O2. The third-order valence-electron chi connectivity index (χ3n) is 1.10. The molecule has 1 atom stereocenters. The number of nitro groups is 1. The summed E-state index contributed by atoms with van der Waals surface area (Å²) in [6, 6.07) is 0. The molecule has 1 rings (SSSR count). The molecule has 4 nitrogen and oxygen atoms in total. The van der Waals surface area contributed by atoms with Gasteiger partial charge in [-0.1, -0.05) is 11.6 Å². The van der Waals surface area contributed by atoms with E-state index in [1.54, 1.807) is 0 Å². The molecule has 0 amide bonds. The van der Waals surface area contributed by atoms with Gasteiger partial charge in [0, 0.05) is 0 Å². The van der Waals surface area contributed by atoms with Crippen LogP contribution in [0.3, 0.4) is 0 Å². The third-order valence-corrected chi connectivity index (χ3v) is 2.92. The maximum Gasteiger partial charge on any atom is 0.368 e. The average Bonchev–Trinajstić information content (AvgIpc) is 2.18. The molecule has 0 fully saturated rings. The standard InChI is InChI=1S/C4HBrCl2N2O2/c5-3-2(6)4(7,1-8-3)9(10)11/h1H. The summed E-state index contributed by atoms with van der Waals surface area (Å²) in [7, 11) is 0. The minimum Gasteiger partial charge on any atom is -0.262 e. The van der Waals surface area contributed by atoms with E-state index in [1.165, 1.54) is 0 Å². The lowest BCUT2D eigenvalue weighted by Gasteiger charge is -2.06. The predicted molar refractivity (Wildman–Crippen MR) is 45.9 cm³/mol. The first kappa shape index (κ1) is 8.96. The van der Waals surface area contributed by atoms with Gasteiger partial charge in [-0.25, -0.2) is 4.99 Å². The van der Waals surface area contributed by atoms with Gasteiger partial charge in [-0.05, 0) is 27.5 Å². The number of hydrogen-bond donors (Lipinski definition) is 0. The SMILES string of the molecule is O=[N+]([O-])C1(Cl)C=NC(Br)=C1Cl. The number of rotatable bonds is 1. The van der Waals surface area contributed by atoms with E-state index >= 15 is 0 Å². The average molecular weight is 260 g/mol. The van der Waals surface area contributed by atoms with Crippen LogP contribution in [0.4, 0.5) is 0 Å². The van der Waals surface area contributed by atoms with Crippen LogP contribution in [0, 0.1) is 10.1 Å². The Morgan fingerprint density at radius 2 is 2.36 bits per heavy atom. The summed E-state index contributed by atoms with van der Waals surface area (Å²) in [4.78, 5) is 11.3. The maximum absolute atomic E-state index is 10.3. The molecule has 0 N–H and O–H groups in total. The number of aliphatic imine (C=N–C) groups is 1. The van der Waals surface area contributed by atoms with Crippen molar-refractivity contribution in [2.24, 2.45) is 4.99 Å². The second-order valence-corrected chi connectivity index (χ2v) is 3.50. The van der Waals surface area contributed by atoms with E-state index < -0.39 is 9.92 Å². The normalized spacial score (nSPS) is 29.7. The lowest BCUT2D eigenvalue weighted by atomic mass is 10.3. The lowest BCUT2D eigenvalue weighted by Crippen LogP contribution is -2.32. The Balaban J connectivity index is 3.12. The molecule has 0 aromatic rings. The van der Waals surface area contributed by atoms with Crippen LogP contribution in [-0.4, -0.2) is 16.1 Å². The fourth-order valence-corrected chi connectivity index (χ4v) is 1.35. The van der Waals surface area contributed by atoms with E-state index in [9.17, 15) is 10.1 Å². The van der Waals surface area contributed by atoms with Gasteiger partial charge in [0.1, 0.15) is 15.9 Å². The molecule has 0 aromatic heterocycles. The van der Waals surface area contributed by atoms with Crippen LogP contribution in [0.5, 0.6) is 0 Å². The molecule has 0 saturated carbocycles. The third kappa shape index (κ3) is 1.28. The highest BCUT2D eigenvalue weighted by atomic mass is 79.9. The van der Waals surface area contributed by atoms with Gasteiger partial charge in [-0.15, -0.1) is 0 Å². The summed E-state index contributed by atoms with van der Waals surface area (Å²) in [5.74, 6) is 0. The van der Waals surface area contributed by atoms with E-state index in [0.29, 0.717) is 0 Å². The Morgan fingerprint density at radius 3 is 2.55 bits per heavy atom. The number of alkyl halides is 1. The summed E-state index contributed by atoms with van der Waals surface area (Å²) in [5, 5.41) is 10.2. The first-order chi connectivity index (χ1) is 4.98. The first-order valence-electron chi connectivity index (χ1n) is 2.43. The van der Waals surface area contributed by atoms with Gasteiger partial charge in [0.15, 0.2) is 0 Å². The van der Waals surface area contributed by atoms with Crippen molar-refractivity contribution < 1.29 is 4.92 Å². The Morgan fingerprint density at radius 1 is 1.82 bits per heavy atom. The van der Waals surface area contributed by atoms with Crippen LogP contribution in [0.2, 0.25) is 0 Å². The summed E-state index contributed by atoms with van der Waals surface area (Å²) in [5.41, 5.74) is 0. The molecule has 1 unspecified atom stereocenters. The zero-order valence-electron chi connectivity index (χ0n) is 4.92. The molecule has 1 heterocycles. The highest BCUT2D eigenvalue weighted by Crippen LogP contribution is 2.37. The zero-order chi connectivity index (χ0) is 8.65. The van der Waals surface area contributed by atoms with E-state index in [1.807, 2.05) is 0 Å². The van der Waals surface area contributed by atoms with Gasteiger partial charge < -0.3 is 0 Å². The fraction of sp³-hybridized carbons (Fsp3) is 0.250. The minimum absolute atomic E-state index is 0.121. The van der Waals surface area contributed by atoms with Crippen molar-refractivity contribution in [2.75, 3.05) is 0 Å². The Kier molecular flexibility index (Phi) is 2.22. The number of nitrogens with zero attached hydrogens (tertiary/aromatic N) is 2. The fourth-order valence-electron chi connectivity index (χ4n) is 0.528. The second kappa shape index (κ2) is 2.73. The van der Waals surface area contributed by atoms with Gasteiger partial charge in [-0.3, -0.25) is 10.1 Å². The lowest BCUT2D eigenvalue weighted by molar-refractivity contribution is -0.507. The molecule has 0 spiro atoms.